The molecule has 4 heterocycles. The van der Waals surface area contributed by atoms with Crippen LogP contribution in [0.25, 0.3) is 0 Å². The van der Waals surface area contributed by atoms with Gasteiger partial charge < -0.3 is 15.2 Å². The highest BCUT2D eigenvalue weighted by atomic mass is 32.1. The maximum atomic E-state index is 13.3. The molecule has 6 nitrogen and oxygen atoms in total. The van der Waals surface area contributed by atoms with Crippen molar-refractivity contribution >= 4 is 11.3 Å². The van der Waals surface area contributed by atoms with Crippen LogP contribution in [0.15, 0.2) is 12.3 Å². The van der Waals surface area contributed by atoms with E-state index in [-0.39, 0.29) is 24.3 Å². The summed E-state index contributed by atoms with van der Waals surface area (Å²) in [6.07, 6.45) is -3.32. The lowest BCUT2D eigenvalue weighted by atomic mass is 9.87. The minimum Gasteiger partial charge on any atom is -0.386 e. The molecule has 2 aromatic rings. The monoisotopic (exact) mass is 391 g/mol. The summed E-state index contributed by atoms with van der Waals surface area (Å²) in [6, 6.07) is 0.569. The van der Waals surface area contributed by atoms with E-state index in [4.69, 9.17) is 7.48 Å². The van der Waals surface area contributed by atoms with Crippen LogP contribution < -0.4 is 5.32 Å². The van der Waals surface area contributed by atoms with Crippen LogP contribution in [0.2, 0.25) is 0 Å². The third kappa shape index (κ3) is 2.94. The van der Waals surface area contributed by atoms with E-state index in [2.05, 4.69) is 15.6 Å². The summed E-state index contributed by atoms with van der Waals surface area (Å²) in [4.78, 5) is -0.343. The Kier molecular flexibility index (Phi) is 3.60. The molecule has 0 radical (unpaired) electrons. The molecule has 0 unspecified atom stereocenters. The average Bonchev–Trinajstić information content (AvgIpc) is 3.25. The Labute approximate surface area is 154 Å². The normalized spacial score (nSPS) is 33.2. The fourth-order valence-electron chi connectivity index (χ4n) is 3.85. The Morgan fingerprint density at radius 1 is 1.50 bits per heavy atom. The Balaban J connectivity index is 1.72. The molecule has 2 aliphatic rings. The molecule has 1 saturated heterocycles. The molecule has 10 heteroatoms. The number of halogens is 3. The minimum atomic E-state index is -4.49. The van der Waals surface area contributed by atoms with Gasteiger partial charge in [0.15, 0.2) is 0 Å². The number of hydrogen-bond donors (Lipinski definition) is 2. The van der Waals surface area contributed by atoms with E-state index in [0.717, 1.165) is 10.7 Å². The Morgan fingerprint density at radius 2 is 2.31 bits per heavy atom. The molecular formula is C16H19F3N4O2S. The van der Waals surface area contributed by atoms with Gasteiger partial charge in [-0.1, -0.05) is 5.21 Å². The number of nitrogens with one attached hydrogen (secondary N) is 1. The van der Waals surface area contributed by atoms with Gasteiger partial charge in [0.1, 0.15) is 16.6 Å². The molecule has 4 atom stereocenters. The van der Waals surface area contributed by atoms with Gasteiger partial charge in [-0.2, -0.15) is 13.2 Å². The smallest absolute Gasteiger partial charge is 0.386 e. The lowest BCUT2D eigenvalue weighted by molar-refractivity contribution is -0.134. The van der Waals surface area contributed by atoms with Crippen LogP contribution in [0.4, 0.5) is 13.2 Å². The van der Waals surface area contributed by atoms with Crippen LogP contribution in [0, 0.1) is 0 Å². The first-order valence-corrected chi connectivity index (χ1v) is 8.96. The summed E-state index contributed by atoms with van der Waals surface area (Å²) < 4.78 is 61.7. The maximum absolute atomic E-state index is 13.3. The predicted molar refractivity (Wildman–Crippen MR) is 87.5 cm³/mol. The van der Waals surface area contributed by atoms with Crippen molar-refractivity contribution in [2.45, 2.75) is 49.7 Å². The van der Waals surface area contributed by atoms with Crippen LogP contribution in [0.3, 0.4) is 0 Å². The molecule has 1 spiro atoms. The van der Waals surface area contributed by atoms with Gasteiger partial charge in [-0.15, -0.1) is 16.4 Å². The number of alkyl halides is 3. The molecule has 0 bridgehead atoms. The van der Waals surface area contributed by atoms with Gasteiger partial charge in [-0.05, 0) is 19.4 Å². The minimum absolute atomic E-state index is 0.0747. The number of fused-ring (bicyclic) bond motifs is 2. The topological polar surface area (TPSA) is 72.2 Å². The van der Waals surface area contributed by atoms with E-state index in [1.54, 1.807) is 0 Å². The average molecular weight is 391 g/mol. The highest BCUT2D eigenvalue weighted by molar-refractivity contribution is 7.12. The van der Waals surface area contributed by atoms with Crippen LogP contribution in [-0.4, -0.2) is 32.7 Å². The van der Waals surface area contributed by atoms with Crippen molar-refractivity contribution in [2.24, 2.45) is 7.00 Å². The van der Waals surface area contributed by atoms with Gasteiger partial charge in [0.2, 0.25) is 0 Å². The summed E-state index contributed by atoms with van der Waals surface area (Å²) in [6.45, 7) is 0.493. The zero-order valence-electron chi connectivity index (χ0n) is 15.8. The summed E-state index contributed by atoms with van der Waals surface area (Å²) in [5, 5.41) is 21.3. The third-order valence-corrected chi connectivity index (χ3v) is 6.25. The molecule has 0 amide bonds. The lowest BCUT2D eigenvalue weighted by Crippen LogP contribution is -2.50. The zero-order chi connectivity index (χ0) is 20.3. The highest BCUT2D eigenvalue weighted by Gasteiger charge is 2.50. The second-order valence-corrected chi connectivity index (χ2v) is 7.92. The van der Waals surface area contributed by atoms with E-state index >= 15 is 0 Å². The Hall–Kier alpha value is -1.49. The predicted octanol–water partition coefficient (Wildman–Crippen LogP) is 2.67. The third-order valence-electron chi connectivity index (χ3n) is 4.87. The van der Waals surface area contributed by atoms with Gasteiger partial charge >= 0.3 is 6.18 Å². The Morgan fingerprint density at radius 3 is 3.00 bits per heavy atom. The van der Waals surface area contributed by atoms with Crippen molar-refractivity contribution < 1.29 is 25.8 Å². The van der Waals surface area contributed by atoms with Gasteiger partial charge in [0.25, 0.3) is 0 Å². The van der Waals surface area contributed by atoms with E-state index in [1.807, 2.05) is 6.92 Å². The number of nitrogens with zero attached hydrogens (tertiary/aromatic N) is 3. The number of piperidine rings is 1. The molecule has 0 aromatic carbocycles. The zero-order valence-corrected chi connectivity index (χ0v) is 14.6. The largest absolute Gasteiger partial charge is 0.425 e. The van der Waals surface area contributed by atoms with Crippen LogP contribution in [0.5, 0.6) is 0 Å². The van der Waals surface area contributed by atoms with Gasteiger partial charge in [0, 0.05) is 38.8 Å². The highest BCUT2D eigenvalue weighted by Crippen LogP contribution is 2.52. The van der Waals surface area contributed by atoms with Crippen molar-refractivity contribution in [3.63, 3.8) is 0 Å². The first kappa shape index (κ1) is 15.6. The number of aliphatic hydroxyl groups is 1. The van der Waals surface area contributed by atoms with Crippen molar-refractivity contribution in [3.8, 4) is 0 Å². The molecule has 26 heavy (non-hydrogen) atoms. The summed E-state index contributed by atoms with van der Waals surface area (Å²) in [5.74, 6) is 0. The van der Waals surface area contributed by atoms with Crippen molar-refractivity contribution in [1.82, 2.24) is 20.3 Å². The summed E-state index contributed by atoms with van der Waals surface area (Å²) >= 11 is 0.622. The number of ether oxygens (including phenoxy) is 1. The Bertz CT molecular complexity index is 874. The standard InChI is InChI=1S/C16H19F3N4O2S/c1-8-4-15(5-10(20-8)11-6-23(2)22-21-11)14-9(12(24)7-25-15)3-13(26-14)16(17,18)19/h3,6,8,10,12,20,24H,4-5,7H2,1-2H3/t8-,10-,12+,15-/m0/s1/i2D2,5+1. The number of aromatic nitrogens is 3. The second-order valence-electron chi connectivity index (χ2n) is 6.87. The fraction of sp³-hybridized carbons (Fsp3) is 0.625. The SMILES string of the molecule is [2H]C([2H])n1cc([C@@H]2[13CH2][C@]3(C[C@H](C)N2)OC[C@@H](O)c2cc(C(F)(F)F)sc23)nn1. The lowest BCUT2D eigenvalue weighted by Gasteiger charge is -2.46. The molecule has 2 N–H and O–H groups in total. The van der Waals surface area contributed by atoms with Crippen molar-refractivity contribution in [2.75, 3.05) is 6.61 Å². The van der Waals surface area contributed by atoms with Crippen molar-refractivity contribution in [1.29, 1.82) is 0 Å². The fourth-order valence-corrected chi connectivity index (χ4v) is 5.10. The maximum Gasteiger partial charge on any atom is 0.425 e. The van der Waals surface area contributed by atoms with E-state index in [9.17, 15) is 18.3 Å². The van der Waals surface area contributed by atoms with Crippen LogP contribution in [0.1, 0.15) is 55.7 Å². The van der Waals surface area contributed by atoms with E-state index in [1.165, 1.54) is 6.20 Å². The quantitative estimate of drug-likeness (QED) is 0.732. The van der Waals surface area contributed by atoms with Gasteiger partial charge in [0.05, 0.1) is 18.3 Å². The number of aliphatic hydroxyl groups excluding tert-OH is 1. The van der Waals surface area contributed by atoms with Gasteiger partial charge in [-0.3, -0.25) is 4.68 Å². The van der Waals surface area contributed by atoms with E-state index < -0.39 is 29.8 Å². The molecule has 2 aromatic heterocycles. The summed E-state index contributed by atoms with van der Waals surface area (Å²) in [5.41, 5.74) is -0.194. The molecule has 2 aliphatic heterocycles. The number of rotatable bonds is 1. The molecule has 1 fully saturated rings. The van der Waals surface area contributed by atoms with Crippen LogP contribution >= 0.6 is 11.3 Å². The molecular weight excluding hydrogens is 370 g/mol. The first-order valence-electron chi connectivity index (χ1n) is 9.30. The number of aryl methyl sites for hydroxylation is 1. The molecule has 4 rings (SSSR count). The first-order chi connectivity index (χ1) is 13.1. The molecule has 0 saturated carbocycles. The number of hydrogen-bond acceptors (Lipinski definition) is 6. The van der Waals surface area contributed by atoms with Crippen molar-refractivity contribution in [3.05, 3.63) is 33.3 Å². The number of thiophene rings is 1. The van der Waals surface area contributed by atoms with Crippen LogP contribution in [-0.2, 0) is 23.5 Å². The molecule has 142 valence electrons. The molecule has 0 aliphatic carbocycles. The van der Waals surface area contributed by atoms with E-state index in [0.29, 0.717) is 34.7 Å². The second kappa shape index (κ2) is 6.01. The summed E-state index contributed by atoms with van der Waals surface area (Å²) in [7, 11) is 0. The van der Waals surface area contributed by atoms with Gasteiger partial charge in [-0.25, -0.2) is 0 Å².